The number of hydrogen-bond donors (Lipinski definition) is 0. The molecule has 1 aliphatic rings. The maximum Gasteiger partial charge on any atom is 0.419 e. The molecule has 0 unspecified atom stereocenters. The summed E-state index contributed by atoms with van der Waals surface area (Å²) in [6.07, 6.45) is -2.12. The van der Waals surface area contributed by atoms with Crippen molar-refractivity contribution >= 4 is 24.8 Å². The van der Waals surface area contributed by atoms with Crippen LogP contribution in [0.15, 0.2) is 12.4 Å². The highest BCUT2D eigenvalue weighted by Gasteiger charge is 2.31. The minimum atomic E-state index is -4.42. The van der Waals surface area contributed by atoms with Gasteiger partial charge in [0.1, 0.15) is 0 Å². The number of hydrogen-bond acceptors (Lipinski definition) is 4. The van der Waals surface area contributed by atoms with Crippen LogP contribution in [0.4, 0.5) is 19.1 Å². The lowest BCUT2D eigenvalue weighted by molar-refractivity contribution is -0.138. The number of amides is 1. The van der Waals surface area contributed by atoms with Crippen molar-refractivity contribution in [2.75, 3.05) is 31.1 Å². The molecule has 106 valence electrons. The standard InChI is InChI=1S/C10H11F3N4O.ClH/c11-10(12,13)8-5-14-9(15-6-8)17-3-1-16(7-18)2-4-17;/h5-7H,1-4H2;1H. The zero-order chi connectivity index (χ0) is 13.2. The van der Waals surface area contributed by atoms with Crippen molar-refractivity contribution in [3.8, 4) is 0 Å². The number of nitrogens with zero attached hydrogens (tertiary/aromatic N) is 4. The Labute approximate surface area is 113 Å². The van der Waals surface area contributed by atoms with Gasteiger partial charge in [-0.05, 0) is 0 Å². The Bertz CT molecular complexity index is 418. The van der Waals surface area contributed by atoms with Crippen molar-refractivity contribution in [1.82, 2.24) is 14.9 Å². The second kappa shape index (κ2) is 6.05. The molecule has 19 heavy (non-hydrogen) atoms. The van der Waals surface area contributed by atoms with Crippen LogP contribution in [0.1, 0.15) is 5.56 Å². The van der Waals surface area contributed by atoms with Crippen molar-refractivity contribution < 1.29 is 18.0 Å². The summed E-state index contributed by atoms with van der Waals surface area (Å²) in [5, 5.41) is 0. The second-order valence-electron chi connectivity index (χ2n) is 3.90. The highest BCUT2D eigenvalue weighted by atomic mass is 35.5. The van der Waals surface area contributed by atoms with Gasteiger partial charge in [-0.15, -0.1) is 12.4 Å². The largest absolute Gasteiger partial charge is 0.419 e. The molecule has 1 saturated heterocycles. The Morgan fingerprint density at radius 3 is 2.05 bits per heavy atom. The van der Waals surface area contributed by atoms with Crippen LogP contribution in [0.5, 0.6) is 0 Å². The highest BCUT2D eigenvalue weighted by molar-refractivity contribution is 5.85. The van der Waals surface area contributed by atoms with E-state index in [1.165, 1.54) is 0 Å². The van der Waals surface area contributed by atoms with E-state index in [2.05, 4.69) is 9.97 Å². The molecule has 1 aromatic heterocycles. The van der Waals surface area contributed by atoms with Gasteiger partial charge in [0.25, 0.3) is 0 Å². The van der Waals surface area contributed by atoms with Crippen molar-refractivity contribution in [2.45, 2.75) is 6.18 Å². The number of halogens is 4. The van der Waals surface area contributed by atoms with E-state index in [1.807, 2.05) is 0 Å². The summed E-state index contributed by atoms with van der Waals surface area (Å²) in [6.45, 7) is 2.08. The molecule has 1 aliphatic heterocycles. The van der Waals surface area contributed by atoms with Crippen LogP contribution < -0.4 is 4.90 Å². The Hall–Kier alpha value is -1.57. The number of anilines is 1. The van der Waals surface area contributed by atoms with E-state index in [-0.39, 0.29) is 18.4 Å². The molecule has 1 aromatic rings. The molecular formula is C10H12ClF3N4O. The lowest BCUT2D eigenvalue weighted by atomic mass is 10.3. The summed E-state index contributed by atoms with van der Waals surface area (Å²) in [4.78, 5) is 21.3. The topological polar surface area (TPSA) is 49.3 Å². The monoisotopic (exact) mass is 296 g/mol. The molecule has 2 heterocycles. The third-order valence-corrected chi connectivity index (χ3v) is 2.71. The summed E-state index contributed by atoms with van der Waals surface area (Å²) in [5.41, 5.74) is -0.863. The van der Waals surface area contributed by atoms with Gasteiger partial charge in [0, 0.05) is 38.6 Å². The number of carbonyl (C=O) groups is 1. The SMILES string of the molecule is Cl.O=CN1CCN(c2ncc(C(F)(F)F)cn2)CC1. The van der Waals surface area contributed by atoms with Crippen LogP contribution in [0.2, 0.25) is 0 Å². The van der Waals surface area contributed by atoms with Crippen LogP contribution in [0, 0.1) is 0 Å². The summed E-state index contributed by atoms with van der Waals surface area (Å²) in [5.74, 6) is 0.258. The first-order valence-corrected chi connectivity index (χ1v) is 5.34. The average Bonchev–Trinajstić information content (AvgIpc) is 2.38. The molecule has 0 radical (unpaired) electrons. The third kappa shape index (κ3) is 3.69. The van der Waals surface area contributed by atoms with E-state index in [0.717, 1.165) is 18.8 Å². The molecule has 0 atom stereocenters. The van der Waals surface area contributed by atoms with Gasteiger partial charge in [-0.25, -0.2) is 9.97 Å². The number of rotatable bonds is 2. The molecule has 0 bridgehead atoms. The van der Waals surface area contributed by atoms with Crippen LogP contribution >= 0.6 is 12.4 Å². The normalized spacial score (nSPS) is 15.9. The predicted molar refractivity (Wildman–Crippen MR) is 64.1 cm³/mol. The molecular weight excluding hydrogens is 285 g/mol. The minimum absolute atomic E-state index is 0. The Morgan fingerprint density at radius 1 is 1.11 bits per heavy atom. The van der Waals surface area contributed by atoms with E-state index in [4.69, 9.17) is 0 Å². The van der Waals surface area contributed by atoms with Crippen molar-refractivity contribution in [3.63, 3.8) is 0 Å². The molecule has 2 rings (SSSR count). The zero-order valence-electron chi connectivity index (χ0n) is 9.80. The van der Waals surface area contributed by atoms with Crippen molar-refractivity contribution in [2.24, 2.45) is 0 Å². The van der Waals surface area contributed by atoms with Gasteiger partial charge in [-0.1, -0.05) is 0 Å². The first kappa shape index (κ1) is 15.5. The molecule has 0 aromatic carbocycles. The van der Waals surface area contributed by atoms with Crippen LogP contribution in [0.25, 0.3) is 0 Å². The Balaban J connectivity index is 0.00000180. The van der Waals surface area contributed by atoms with Gasteiger partial charge in [-0.3, -0.25) is 4.79 Å². The fourth-order valence-electron chi connectivity index (χ4n) is 1.66. The summed E-state index contributed by atoms with van der Waals surface area (Å²) in [7, 11) is 0. The van der Waals surface area contributed by atoms with Crippen molar-refractivity contribution in [1.29, 1.82) is 0 Å². The Kier molecular flexibility index (Phi) is 4.93. The van der Waals surface area contributed by atoms with Gasteiger partial charge in [-0.2, -0.15) is 13.2 Å². The van der Waals surface area contributed by atoms with E-state index in [1.54, 1.807) is 9.80 Å². The van der Waals surface area contributed by atoms with E-state index in [0.29, 0.717) is 26.2 Å². The smallest absolute Gasteiger partial charge is 0.342 e. The van der Waals surface area contributed by atoms with Gasteiger partial charge in [0.15, 0.2) is 0 Å². The van der Waals surface area contributed by atoms with Gasteiger partial charge < -0.3 is 9.80 Å². The predicted octanol–water partition coefficient (Wildman–Crippen LogP) is 1.20. The maximum atomic E-state index is 12.3. The second-order valence-corrected chi connectivity index (χ2v) is 3.90. The minimum Gasteiger partial charge on any atom is -0.342 e. The lowest BCUT2D eigenvalue weighted by Crippen LogP contribution is -2.46. The lowest BCUT2D eigenvalue weighted by Gasteiger charge is -2.32. The fourth-order valence-corrected chi connectivity index (χ4v) is 1.66. The van der Waals surface area contributed by atoms with Crippen LogP contribution in [-0.4, -0.2) is 47.5 Å². The van der Waals surface area contributed by atoms with E-state index >= 15 is 0 Å². The maximum absolute atomic E-state index is 12.3. The van der Waals surface area contributed by atoms with Crippen molar-refractivity contribution in [3.05, 3.63) is 18.0 Å². The summed E-state index contributed by atoms with van der Waals surface area (Å²) < 4.78 is 37.0. The van der Waals surface area contributed by atoms with Gasteiger partial charge >= 0.3 is 6.18 Å². The summed E-state index contributed by atoms with van der Waals surface area (Å²) >= 11 is 0. The summed E-state index contributed by atoms with van der Waals surface area (Å²) in [6, 6.07) is 0. The van der Waals surface area contributed by atoms with E-state index < -0.39 is 11.7 Å². The quantitative estimate of drug-likeness (QED) is 0.770. The first-order valence-electron chi connectivity index (χ1n) is 5.34. The number of aromatic nitrogens is 2. The molecule has 0 N–H and O–H groups in total. The average molecular weight is 297 g/mol. The molecule has 1 fully saturated rings. The molecule has 5 nitrogen and oxygen atoms in total. The number of carbonyl (C=O) groups excluding carboxylic acids is 1. The first-order chi connectivity index (χ1) is 8.50. The number of piperazine rings is 1. The van der Waals surface area contributed by atoms with Gasteiger partial charge in [0.2, 0.25) is 12.4 Å². The molecule has 9 heteroatoms. The van der Waals surface area contributed by atoms with E-state index in [9.17, 15) is 18.0 Å². The van der Waals surface area contributed by atoms with Crippen LogP contribution in [0.3, 0.4) is 0 Å². The fraction of sp³-hybridized carbons (Fsp3) is 0.500. The zero-order valence-corrected chi connectivity index (χ0v) is 10.6. The molecule has 0 aliphatic carbocycles. The van der Waals surface area contributed by atoms with Crippen LogP contribution in [-0.2, 0) is 11.0 Å². The van der Waals surface area contributed by atoms with Gasteiger partial charge in [0.05, 0.1) is 5.56 Å². The molecule has 0 spiro atoms. The molecule has 1 amide bonds. The third-order valence-electron chi connectivity index (χ3n) is 2.71. The Morgan fingerprint density at radius 2 is 1.63 bits per heavy atom. The highest BCUT2D eigenvalue weighted by Crippen LogP contribution is 2.28. The number of alkyl halides is 3. The molecule has 0 saturated carbocycles.